The van der Waals surface area contributed by atoms with Crippen LogP contribution in [0.15, 0.2) is 60.7 Å². The number of benzene rings is 3. The van der Waals surface area contributed by atoms with Crippen molar-refractivity contribution in [2.45, 2.75) is 77.9 Å². The molecule has 12 nitrogen and oxygen atoms in total. The molecular weight excluding hydrogens is 699 g/mol. The van der Waals surface area contributed by atoms with Gasteiger partial charge < -0.3 is 35.8 Å². The van der Waals surface area contributed by atoms with Crippen molar-refractivity contribution < 1.29 is 34.2 Å². The number of carboxylic acids is 1. The third-order valence-electron chi connectivity index (χ3n) is 12.6. The molecule has 8 atom stereocenters. The van der Waals surface area contributed by atoms with E-state index in [2.05, 4.69) is 36.7 Å². The molecule has 296 valence electrons. The summed E-state index contributed by atoms with van der Waals surface area (Å²) in [6.45, 7) is 9.48. The van der Waals surface area contributed by atoms with Crippen LogP contribution in [0.4, 0.5) is 5.69 Å². The molecule has 4 aliphatic rings. The summed E-state index contributed by atoms with van der Waals surface area (Å²) in [5.41, 5.74) is 4.97. The van der Waals surface area contributed by atoms with Gasteiger partial charge >= 0.3 is 5.97 Å². The lowest BCUT2D eigenvalue weighted by atomic mass is 9.45. The lowest BCUT2D eigenvalue weighted by molar-refractivity contribution is -0.176. The number of fused-ring (bicyclic) bond motifs is 2. The van der Waals surface area contributed by atoms with Gasteiger partial charge in [0, 0.05) is 68.6 Å². The van der Waals surface area contributed by atoms with E-state index < -0.39 is 30.1 Å². The molecule has 1 heterocycles. The Morgan fingerprint density at radius 1 is 1.05 bits per heavy atom. The SMILES string of the molecule is CNC(=O)c1cc(-c2cccc(CN3O[C@@H](CNCc4cccc(C(=O)O)c4)[C@@H]([C@H](C)O)[C@H]3C(=O)N[C@H]3C[C@@H]4C[C@H]([C@@H]3C)C4(C)C)c2OC)cc(N(C)C)c1. The number of carbonyl (C=O) groups is 3. The number of nitrogens with one attached hydrogen (secondary N) is 3. The standard InChI is InChI=1S/C43H57N5O7/c1-24-34-19-31(43(34,3)4)20-35(24)46-41(51)38-37(25(2)49)36(22-45-21-26-11-9-12-27(15-26)42(52)53)55-48(38)23-28-13-10-14-33(39(28)54-8)29-16-30(40(50)44-5)18-32(17-29)47(6)7/h9-18,24-25,31,34-38,45,49H,19-23H2,1-8H3,(H,44,50)(H,46,51)(H,52,53)/t24-,25-,31-,34+,35-,36-,37+,38-/m0/s1. The Morgan fingerprint density at radius 3 is 2.44 bits per heavy atom. The van der Waals surface area contributed by atoms with Gasteiger partial charge in [0.2, 0.25) is 5.91 Å². The Kier molecular flexibility index (Phi) is 11.9. The minimum Gasteiger partial charge on any atom is -0.496 e. The zero-order chi connectivity index (χ0) is 39.8. The zero-order valence-electron chi connectivity index (χ0n) is 33.3. The molecule has 5 N–H and O–H groups in total. The van der Waals surface area contributed by atoms with Gasteiger partial charge in [-0.15, -0.1) is 0 Å². The van der Waals surface area contributed by atoms with E-state index in [1.54, 1.807) is 44.3 Å². The minimum atomic E-state index is -0.996. The number of hydrogen-bond acceptors (Lipinski definition) is 9. The number of para-hydroxylation sites is 1. The van der Waals surface area contributed by atoms with Crippen LogP contribution in [-0.4, -0.2) is 92.1 Å². The summed E-state index contributed by atoms with van der Waals surface area (Å²) >= 11 is 0. The number of hydroxylamine groups is 2. The first kappa shape index (κ1) is 40.2. The largest absolute Gasteiger partial charge is 0.496 e. The van der Waals surface area contributed by atoms with Crippen LogP contribution in [0.2, 0.25) is 0 Å². The second-order valence-electron chi connectivity index (χ2n) is 16.4. The van der Waals surface area contributed by atoms with E-state index in [1.807, 2.05) is 61.5 Å². The number of carboxylic acid groups (broad SMARTS) is 1. The summed E-state index contributed by atoms with van der Waals surface area (Å²) in [6, 6.07) is 17.4. The Morgan fingerprint density at radius 2 is 1.80 bits per heavy atom. The fraction of sp³-hybridized carbons (Fsp3) is 0.512. The summed E-state index contributed by atoms with van der Waals surface area (Å²) in [7, 11) is 7.05. The first-order chi connectivity index (χ1) is 26.1. The van der Waals surface area contributed by atoms with Crippen molar-refractivity contribution in [3.05, 3.63) is 82.9 Å². The Bertz CT molecular complexity index is 1900. The predicted octanol–water partition coefficient (Wildman–Crippen LogP) is 4.94. The van der Waals surface area contributed by atoms with Crippen LogP contribution in [0.5, 0.6) is 5.75 Å². The molecule has 0 aromatic heterocycles. The van der Waals surface area contributed by atoms with Gasteiger partial charge in [-0.3, -0.25) is 14.4 Å². The summed E-state index contributed by atoms with van der Waals surface area (Å²) in [5.74, 6) is 0.0419. The Hall–Kier alpha value is -4.49. The van der Waals surface area contributed by atoms with Crippen LogP contribution < -0.4 is 25.6 Å². The Labute approximate surface area is 324 Å². The molecule has 2 bridgehead atoms. The first-order valence-electron chi connectivity index (χ1n) is 19.3. The second-order valence-corrected chi connectivity index (χ2v) is 16.4. The van der Waals surface area contributed by atoms with E-state index in [4.69, 9.17) is 9.57 Å². The highest BCUT2D eigenvalue weighted by Crippen LogP contribution is 2.61. The Balaban J connectivity index is 1.31. The van der Waals surface area contributed by atoms with Crippen LogP contribution in [0.25, 0.3) is 11.1 Å². The molecule has 4 fully saturated rings. The molecule has 3 aromatic rings. The maximum absolute atomic E-state index is 14.6. The zero-order valence-corrected chi connectivity index (χ0v) is 33.3. The molecule has 3 aromatic carbocycles. The minimum absolute atomic E-state index is 0.0239. The maximum Gasteiger partial charge on any atom is 0.335 e. The molecule has 0 radical (unpaired) electrons. The van der Waals surface area contributed by atoms with E-state index in [0.29, 0.717) is 42.2 Å². The third kappa shape index (κ3) is 8.09. The highest BCUT2D eigenvalue weighted by Gasteiger charge is 2.57. The lowest BCUT2D eigenvalue weighted by Gasteiger charge is -2.62. The van der Waals surface area contributed by atoms with E-state index in [0.717, 1.165) is 34.4 Å². The van der Waals surface area contributed by atoms with E-state index >= 15 is 0 Å². The molecule has 1 aliphatic heterocycles. The predicted molar refractivity (Wildman–Crippen MR) is 212 cm³/mol. The van der Waals surface area contributed by atoms with Crippen molar-refractivity contribution in [1.82, 2.24) is 21.0 Å². The fourth-order valence-corrected chi connectivity index (χ4v) is 9.32. The van der Waals surface area contributed by atoms with Gasteiger partial charge in [0.15, 0.2) is 0 Å². The van der Waals surface area contributed by atoms with E-state index in [9.17, 15) is 24.6 Å². The average Bonchev–Trinajstić information content (AvgIpc) is 3.52. The monoisotopic (exact) mass is 755 g/mol. The fourth-order valence-electron chi connectivity index (χ4n) is 9.32. The maximum atomic E-state index is 14.6. The van der Waals surface area contributed by atoms with Crippen molar-refractivity contribution in [2.24, 2.45) is 29.1 Å². The number of hydrogen-bond donors (Lipinski definition) is 5. The van der Waals surface area contributed by atoms with Gasteiger partial charge in [-0.25, -0.2) is 4.79 Å². The van der Waals surface area contributed by atoms with Gasteiger partial charge in [0.1, 0.15) is 11.8 Å². The quantitative estimate of drug-likeness (QED) is 0.153. The molecule has 3 aliphatic carbocycles. The number of aliphatic hydroxyl groups is 1. The van der Waals surface area contributed by atoms with Crippen LogP contribution in [-0.2, 0) is 22.7 Å². The van der Waals surface area contributed by atoms with Crippen molar-refractivity contribution >= 4 is 23.5 Å². The smallest absolute Gasteiger partial charge is 0.335 e. The lowest BCUT2D eigenvalue weighted by Crippen LogP contribution is -2.62. The van der Waals surface area contributed by atoms with Crippen molar-refractivity contribution in [3.8, 4) is 16.9 Å². The third-order valence-corrected chi connectivity index (χ3v) is 12.6. The van der Waals surface area contributed by atoms with Gasteiger partial charge in [0.25, 0.3) is 5.91 Å². The summed E-state index contributed by atoms with van der Waals surface area (Å²) in [5, 5.41) is 32.0. The molecule has 0 unspecified atom stereocenters. The highest BCUT2D eigenvalue weighted by molar-refractivity contribution is 5.97. The van der Waals surface area contributed by atoms with Crippen molar-refractivity contribution in [1.29, 1.82) is 0 Å². The van der Waals surface area contributed by atoms with Crippen LogP contribution >= 0.6 is 0 Å². The van der Waals surface area contributed by atoms with E-state index in [-0.39, 0.29) is 35.4 Å². The average molecular weight is 756 g/mol. The number of amides is 2. The number of aliphatic hydroxyl groups excluding tert-OH is 1. The molecule has 55 heavy (non-hydrogen) atoms. The molecule has 3 saturated carbocycles. The number of carbonyl (C=O) groups excluding carboxylic acids is 2. The van der Waals surface area contributed by atoms with Gasteiger partial charge in [0.05, 0.1) is 31.4 Å². The van der Waals surface area contributed by atoms with Gasteiger partial charge in [-0.1, -0.05) is 51.1 Å². The normalized spacial score (nSPS) is 26.1. The topological polar surface area (TPSA) is 153 Å². The van der Waals surface area contributed by atoms with Crippen molar-refractivity contribution in [2.75, 3.05) is 39.7 Å². The molecule has 7 rings (SSSR count). The van der Waals surface area contributed by atoms with Crippen LogP contribution in [0, 0.1) is 29.1 Å². The molecule has 2 amide bonds. The van der Waals surface area contributed by atoms with E-state index in [1.165, 1.54) is 6.42 Å². The molecule has 0 spiro atoms. The number of anilines is 1. The van der Waals surface area contributed by atoms with Gasteiger partial charge in [-0.05, 0) is 84.4 Å². The number of nitrogens with zero attached hydrogens (tertiary/aromatic N) is 2. The van der Waals surface area contributed by atoms with Crippen LogP contribution in [0.3, 0.4) is 0 Å². The molecule has 12 heteroatoms. The summed E-state index contributed by atoms with van der Waals surface area (Å²) < 4.78 is 6.08. The second kappa shape index (κ2) is 16.3. The molecule has 1 saturated heterocycles. The van der Waals surface area contributed by atoms with Crippen LogP contribution in [0.1, 0.15) is 72.4 Å². The molecular formula is C43H57N5O7. The van der Waals surface area contributed by atoms with Gasteiger partial charge in [-0.2, -0.15) is 5.06 Å². The number of ether oxygens (including phenoxy) is 1. The summed E-state index contributed by atoms with van der Waals surface area (Å²) in [6.07, 6.45) is 0.653. The highest BCUT2D eigenvalue weighted by atomic mass is 16.7. The number of aromatic carboxylic acids is 1. The number of rotatable bonds is 14. The number of methoxy groups -OCH3 is 1. The first-order valence-corrected chi connectivity index (χ1v) is 19.3. The summed E-state index contributed by atoms with van der Waals surface area (Å²) in [4.78, 5) is 47.5. The van der Waals surface area contributed by atoms with Crippen molar-refractivity contribution in [3.63, 3.8) is 0 Å².